The van der Waals surface area contributed by atoms with Crippen LogP contribution in [0.25, 0.3) is 0 Å². The molecule has 0 bridgehead atoms. The van der Waals surface area contributed by atoms with Crippen molar-refractivity contribution in [1.29, 1.82) is 0 Å². The van der Waals surface area contributed by atoms with Crippen molar-refractivity contribution in [2.24, 2.45) is 16.8 Å². The first-order chi connectivity index (χ1) is 9.43. The number of nitrogens with zero attached hydrogens (tertiary/aromatic N) is 2. The summed E-state index contributed by atoms with van der Waals surface area (Å²) in [7, 11) is 1.76. The molecule has 6 heteroatoms. The van der Waals surface area contributed by atoms with Gasteiger partial charge in [-0.25, -0.2) is 0 Å². The van der Waals surface area contributed by atoms with Crippen molar-refractivity contribution in [1.82, 2.24) is 4.90 Å². The Labute approximate surface area is 118 Å². The second-order valence-electron chi connectivity index (χ2n) is 4.97. The molecule has 1 amide bonds. The molecule has 0 heterocycles. The standard InChI is InChI=1S/C14H21N3O3/c1-10(2)8-17(3)13(18)9-20-12-6-4-11(5-7-12)14(15)16-19/h4-7,10,19H,8-9H2,1-3H3,(H2,15,16). The summed E-state index contributed by atoms with van der Waals surface area (Å²) in [5.41, 5.74) is 6.04. The highest BCUT2D eigenvalue weighted by molar-refractivity contribution is 5.97. The second-order valence-corrected chi connectivity index (χ2v) is 4.97. The molecule has 0 fully saturated rings. The van der Waals surface area contributed by atoms with Crippen molar-refractivity contribution >= 4 is 11.7 Å². The van der Waals surface area contributed by atoms with Crippen LogP contribution in [-0.2, 0) is 4.79 Å². The number of likely N-dealkylation sites (N-methyl/N-ethyl adjacent to an activating group) is 1. The van der Waals surface area contributed by atoms with Gasteiger partial charge in [-0.2, -0.15) is 0 Å². The summed E-state index contributed by atoms with van der Waals surface area (Å²) in [6.07, 6.45) is 0. The van der Waals surface area contributed by atoms with Gasteiger partial charge in [0.2, 0.25) is 0 Å². The van der Waals surface area contributed by atoms with Crippen LogP contribution in [0.5, 0.6) is 5.75 Å². The first-order valence-corrected chi connectivity index (χ1v) is 6.38. The van der Waals surface area contributed by atoms with Crippen LogP contribution >= 0.6 is 0 Å². The van der Waals surface area contributed by atoms with E-state index in [0.29, 0.717) is 23.8 Å². The van der Waals surface area contributed by atoms with Crippen molar-refractivity contribution in [2.45, 2.75) is 13.8 Å². The molecule has 0 aliphatic heterocycles. The van der Waals surface area contributed by atoms with Crippen molar-refractivity contribution in [3.05, 3.63) is 29.8 Å². The molecule has 0 atom stereocenters. The number of benzene rings is 1. The predicted molar refractivity (Wildman–Crippen MR) is 76.9 cm³/mol. The lowest BCUT2D eigenvalue weighted by atomic mass is 10.2. The van der Waals surface area contributed by atoms with Crippen LogP contribution in [0.2, 0.25) is 0 Å². The largest absolute Gasteiger partial charge is 0.484 e. The first-order valence-electron chi connectivity index (χ1n) is 6.38. The molecule has 1 aromatic rings. The number of ether oxygens (including phenoxy) is 1. The van der Waals surface area contributed by atoms with Crippen LogP contribution in [0.1, 0.15) is 19.4 Å². The number of carbonyl (C=O) groups is 1. The number of rotatable bonds is 6. The summed E-state index contributed by atoms with van der Waals surface area (Å²) in [5.74, 6) is 0.943. The Morgan fingerprint density at radius 3 is 2.50 bits per heavy atom. The number of oxime groups is 1. The monoisotopic (exact) mass is 279 g/mol. The smallest absolute Gasteiger partial charge is 0.260 e. The SMILES string of the molecule is CC(C)CN(C)C(=O)COc1ccc(/C(N)=N/O)cc1. The molecular formula is C14H21N3O3. The second kappa shape index (κ2) is 7.37. The molecule has 0 unspecified atom stereocenters. The van der Waals surface area contributed by atoms with Crippen LogP contribution in [0.4, 0.5) is 0 Å². The summed E-state index contributed by atoms with van der Waals surface area (Å²) in [4.78, 5) is 13.5. The maximum absolute atomic E-state index is 11.8. The highest BCUT2D eigenvalue weighted by Gasteiger charge is 2.11. The third kappa shape index (κ3) is 4.79. The van der Waals surface area contributed by atoms with E-state index in [1.807, 2.05) is 0 Å². The minimum atomic E-state index is -0.0702. The fourth-order valence-corrected chi connectivity index (χ4v) is 1.68. The van der Waals surface area contributed by atoms with Crippen molar-refractivity contribution in [3.63, 3.8) is 0 Å². The van der Waals surface area contributed by atoms with Gasteiger partial charge in [0.25, 0.3) is 5.91 Å². The summed E-state index contributed by atoms with van der Waals surface area (Å²) >= 11 is 0. The number of amides is 1. The minimum absolute atomic E-state index is 0.00780. The van der Waals surface area contributed by atoms with E-state index in [2.05, 4.69) is 19.0 Å². The molecule has 20 heavy (non-hydrogen) atoms. The van der Waals surface area contributed by atoms with Gasteiger partial charge in [0.15, 0.2) is 12.4 Å². The quantitative estimate of drug-likeness (QED) is 0.355. The van der Waals surface area contributed by atoms with Crippen molar-refractivity contribution < 1.29 is 14.7 Å². The summed E-state index contributed by atoms with van der Waals surface area (Å²) in [6.45, 7) is 4.80. The van der Waals surface area contributed by atoms with E-state index >= 15 is 0 Å². The molecule has 1 aromatic carbocycles. The average molecular weight is 279 g/mol. The first kappa shape index (κ1) is 15.8. The van der Waals surface area contributed by atoms with E-state index in [1.54, 1.807) is 36.2 Å². The van der Waals surface area contributed by atoms with E-state index in [-0.39, 0.29) is 18.3 Å². The lowest BCUT2D eigenvalue weighted by Crippen LogP contribution is -2.34. The minimum Gasteiger partial charge on any atom is -0.484 e. The molecule has 0 spiro atoms. The zero-order chi connectivity index (χ0) is 15.1. The third-order valence-corrected chi connectivity index (χ3v) is 2.68. The molecule has 6 nitrogen and oxygen atoms in total. The van der Waals surface area contributed by atoms with Crippen LogP contribution < -0.4 is 10.5 Å². The Bertz CT molecular complexity index is 469. The molecule has 0 radical (unpaired) electrons. The van der Waals surface area contributed by atoms with E-state index in [9.17, 15) is 4.79 Å². The fraction of sp³-hybridized carbons (Fsp3) is 0.429. The maximum Gasteiger partial charge on any atom is 0.260 e. The highest BCUT2D eigenvalue weighted by Crippen LogP contribution is 2.12. The van der Waals surface area contributed by atoms with Gasteiger partial charge in [0, 0.05) is 19.2 Å². The Kier molecular flexibility index (Phi) is 5.83. The van der Waals surface area contributed by atoms with Crippen molar-refractivity contribution in [3.8, 4) is 5.75 Å². The van der Waals surface area contributed by atoms with Crippen LogP contribution in [0.3, 0.4) is 0 Å². The fourth-order valence-electron chi connectivity index (χ4n) is 1.68. The summed E-state index contributed by atoms with van der Waals surface area (Å²) < 4.78 is 5.40. The third-order valence-electron chi connectivity index (χ3n) is 2.68. The van der Waals surface area contributed by atoms with Crippen LogP contribution in [-0.4, -0.2) is 42.0 Å². The van der Waals surface area contributed by atoms with Gasteiger partial charge < -0.3 is 20.6 Å². The molecule has 0 aliphatic rings. The van der Waals surface area contributed by atoms with Gasteiger partial charge in [-0.15, -0.1) is 0 Å². The predicted octanol–water partition coefficient (Wildman–Crippen LogP) is 1.27. The topological polar surface area (TPSA) is 88.2 Å². The molecule has 110 valence electrons. The Balaban J connectivity index is 2.52. The molecule has 0 aliphatic carbocycles. The Morgan fingerprint density at radius 1 is 1.40 bits per heavy atom. The number of amidine groups is 1. The molecular weight excluding hydrogens is 258 g/mol. The number of hydrogen-bond acceptors (Lipinski definition) is 4. The van der Waals surface area contributed by atoms with Gasteiger partial charge in [0.1, 0.15) is 5.75 Å². The normalized spacial score (nSPS) is 11.5. The molecule has 1 rings (SSSR count). The van der Waals surface area contributed by atoms with Crippen LogP contribution in [0, 0.1) is 5.92 Å². The van der Waals surface area contributed by atoms with E-state index in [0.717, 1.165) is 0 Å². The number of carbonyl (C=O) groups excluding carboxylic acids is 1. The zero-order valence-electron chi connectivity index (χ0n) is 12.0. The van der Waals surface area contributed by atoms with Gasteiger partial charge in [-0.3, -0.25) is 4.79 Å². The number of hydrogen-bond donors (Lipinski definition) is 2. The van der Waals surface area contributed by atoms with E-state index < -0.39 is 0 Å². The maximum atomic E-state index is 11.8. The molecule has 0 aromatic heterocycles. The van der Waals surface area contributed by atoms with E-state index in [4.69, 9.17) is 15.7 Å². The molecule has 3 N–H and O–H groups in total. The Morgan fingerprint density at radius 2 is 2.00 bits per heavy atom. The summed E-state index contributed by atoms with van der Waals surface area (Å²) in [5, 5.41) is 11.5. The molecule has 0 saturated heterocycles. The average Bonchev–Trinajstić information content (AvgIpc) is 2.43. The zero-order valence-corrected chi connectivity index (χ0v) is 12.0. The van der Waals surface area contributed by atoms with Crippen molar-refractivity contribution in [2.75, 3.05) is 20.2 Å². The Hall–Kier alpha value is -2.24. The van der Waals surface area contributed by atoms with Crippen LogP contribution in [0.15, 0.2) is 29.4 Å². The molecule has 0 saturated carbocycles. The summed E-state index contributed by atoms with van der Waals surface area (Å²) in [6, 6.07) is 6.66. The van der Waals surface area contributed by atoms with E-state index in [1.165, 1.54) is 0 Å². The highest BCUT2D eigenvalue weighted by atomic mass is 16.5. The van der Waals surface area contributed by atoms with Gasteiger partial charge in [-0.1, -0.05) is 19.0 Å². The van der Waals surface area contributed by atoms with Gasteiger partial charge >= 0.3 is 0 Å². The lowest BCUT2D eigenvalue weighted by molar-refractivity contribution is -0.132. The van der Waals surface area contributed by atoms with Gasteiger partial charge in [0.05, 0.1) is 0 Å². The van der Waals surface area contributed by atoms with Gasteiger partial charge in [-0.05, 0) is 30.2 Å². The number of nitrogens with two attached hydrogens (primary N) is 1. The lowest BCUT2D eigenvalue weighted by Gasteiger charge is -2.19.